The molecule has 88 valence electrons. The summed E-state index contributed by atoms with van der Waals surface area (Å²) < 4.78 is 1.04. The van der Waals surface area contributed by atoms with Gasteiger partial charge in [-0.25, -0.2) is 0 Å². The van der Waals surface area contributed by atoms with E-state index in [1.807, 2.05) is 30.7 Å². The van der Waals surface area contributed by atoms with Crippen LogP contribution in [0, 0.1) is 0 Å². The Morgan fingerprint density at radius 2 is 2.18 bits per heavy atom. The first-order valence-electron chi connectivity index (χ1n) is 5.76. The van der Waals surface area contributed by atoms with Crippen LogP contribution in [-0.4, -0.2) is 9.97 Å². The predicted octanol–water partition coefficient (Wildman–Crippen LogP) is 3.98. The molecule has 1 unspecified atom stereocenters. The largest absolute Gasteiger partial charge is 0.263 e. The number of hydrogen-bond donors (Lipinski definition) is 0. The zero-order valence-corrected chi connectivity index (χ0v) is 11.4. The number of hydrogen-bond acceptors (Lipinski definition) is 2. The first-order valence-corrected chi connectivity index (χ1v) is 6.55. The van der Waals surface area contributed by atoms with Gasteiger partial charge in [-0.1, -0.05) is 13.0 Å². The number of halogens is 1. The lowest BCUT2D eigenvalue weighted by molar-refractivity contribution is 0.659. The summed E-state index contributed by atoms with van der Waals surface area (Å²) in [5, 5.41) is 0. The standard InChI is InChI=1S/C14H15BrN2/c1-11(14-4-2-3-7-17-14)5-6-12-8-13(15)10-16-9-12/h2-4,7-11H,5-6H2,1H3. The Bertz CT molecular complexity index is 471. The Morgan fingerprint density at radius 3 is 2.88 bits per heavy atom. The van der Waals surface area contributed by atoms with Crippen LogP contribution in [0.5, 0.6) is 0 Å². The highest BCUT2D eigenvalue weighted by atomic mass is 79.9. The van der Waals surface area contributed by atoms with Crippen LogP contribution in [0.1, 0.15) is 30.5 Å². The fourth-order valence-electron chi connectivity index (χ4n) is 1.79. The lowest BCUT2D eigenvalue weighted by Crippen LogP contribution is -1.99. The maximum absolute atomic E-state index is 4.38. The quantitative estimate of drug-likeness (QED) is 0.851. The van der Waals surface area contributed by atoms with E-state index in [1.54, 1.807) is 0 Å². The van der Waals surface area contributed by atoms with Gasteiger partial charge in [0.05, 0.1) is 0 Å². The summed E-state index contributed by atoms with van der Waals surface area (Å²) in [6.45, 7) is 2.22. The van der Waals surface area contributed by atoms with E-state index in [9.17, 15) is 0 Å². The zero-order valence-electron chi connectivity index (χ0n) is 9.81. The van der Waals surface area contributed by atoms with Crippen molar-refractivity contribution < 1.29 is 0 Å². The van der Waals surface area contributed by atoms with E-state index in [-0.39, 0.29) is 0 Å². The number of nitrogens with zero attached hydrogens (tertiary/aromatic N) is 2. The number of pyridine rings is 2. The number of aromatic nitrogens is 2. The van der Waals surface area contributed by atoms with E-state index in [1.165, 1.54) is 5.56 Å². The van der Waals surface area contributed by atoms with Crippen LogP contribution < -0.4 is 0 Å². The Labute approximate surface area is 110 Å². The minimum absolute atomic E-state index is 0.482. The van der Waals surface area contributed by atoms with Gasteiger partial charge < -0.3 is 0 Å². The molecule has 2 nitrogen and oxygen atoms in total. The lowest BCUT2D eigenvalue weighted by Gasteiger charge is -2.10. The molecule has 0 aromatic carbocycles. The summed E-state index contributed by atoms with van der Waals surface area (Å²) in [5.41, 5.74) is 2.43. The fraction of sp³-hybridized carbons (Fsp3) is 0.286. The van der Waals surface area contributed by atoms with E-state index in [4.69, 9.17) is 0 Å². The van der Waals surface area contributed by atoms with Crippen molar-refractivity contribution >= 4 is 15.9 Å². The molecule has 1 atom stereocenters. The van der Waals surface area contributed by atoms with Crippen LogP contribution in [0.3, 0.4) is 0 Å². The molecule has 17 heavy (non-hydrogen) atoms. The van der Waals surface area contributed by atoms with Crippen LogP contribution in [0.25, 0.3) is 0 Å². The van der Waals surface area contributed by atoms with E-state index in [0.717, 1.165) is 23.0 Å². The molecule has 0 aliphatic rings. The van der Waals surface area contributed by atoms with Crippen LogP contribution >= 0.6 is 15.9 Å². The van der Waals surface area contributed by atoms with Gasteiger partial charge in [0, 0.05) is 28.8 Å². The van der Waals surface area contributed by atoms with Crippen molar-refractivity contribution in [1.82, 2.24) is 9.97 Å². The molecule has 3 heteroatoms. The van der Waals surface area contributed by atoms with Crippen LogP contribution in [0.2, 0.25) is 0 Å². The van der Waals surface area contributed by atoms with E-state index >= 15 is 0 Å². The summed E-state index contributed by atoms with van der Waals surface area (Å²) in [6, 6.07) is 8.20. The van der Waals surface area contributed by atoms with Gasteiger partial charge in [-0.15, -0.1) is 0 Å². The highest BCUT2D eigenvalue weighted by Gasteiger charge is 2.06. The van der Waals surface area contributed by atoms with E-state index in [0.29, 0.717) is 5.92 Å². The van der Waals surface area contributed by atoms with Crippen molar-refractivity contribution in [2.75, 3.05) is 0 Å². The van der Waals surface area contributed by atoms with Gasteiger partial charge in [0.25, 0.3) is 0 Å². The van der Waals surface area contributed by atoms with Gasteiger partial charge in [-0.2, -0.15) is 0 Å². The predicted molar refractivity (Wildman–Crippen MR) is 72.9 cm³/mol. The first kappa shape index (κ1) is 12.2. The summed E-state index contributed by atoms with van der Waals surface area (Å²) in [4.78, 5) is 8.56. The molecule has 0 saturated heterocycles. The van der Waals surface area contributed by atoms with Gasteiger partial charge in [0.1, 0.15) is 0 Å². The maximum Gasteiger partial charge on any atom is 0.0431 e. The maximum atomic E-state index is 4.38. The molecule has 0 aliphatic carbocycles. The molecule has 0 aliphatic heterocycles. The van der Waals surface area contributed by atoms with Crippen LogP contribution in [0.4, 0.5) is 0 Å². The lowest BCUT2D eigenvalue weighted by atomic mass is 9.98. The smallest absolute Gasteiger partial charge is 0.0431 e. The van der Waals surface area contributed by atoms with Crippen LogP contribution in [0.15, 0.2) is 47.3 Å². The van der Waals surface area contributed by atoms with Crippen molar-refractivity contribution in [1.29, 1.82) is 0 Å². The van der Waals surface area contributed by atoms with Gasteiger partial charge >= 0.3 is 0 Å². The van der Waals surface area contributed by atoms with E-state index in [2.05, 4.69) is 45.0 Å². The van der Waals surface area contributed by atoms with Gasteiger partial charge in [-0.05, 0) is 58.5 Å². The Morgan fingerprint density at radius 1 is 1.29 bits per heavy atom. The molecule has 2 rings (SSSR count). The molecule has 0 bridgehead atoms. The fourth-order valence-corrected chi connectivity index (χ4v) is 2.20. The molecule has 2 heterocycles. The average Bonchev–Trinajstić information content (AvgIpc) is 2.37. The normalized spacial score (nSPS) is 12.4. The topological polar surface area (TPSA) is 25.8 Å². The molecule has 0 spiro atoms. The molecule has 0 saturated carbocycles. The Kier molecular flexibility index (Phi) is 4.26. The SMILES string of the molecule is CC(CCc1cncc(Br)c1)c1ccccn1. The van der Waals surface area contributed by atoms with Crippen LogP contribution in [-0.2, 0) is 6.42 Å². The van der Waals surface area contributed by atoms with Gasteiger partial charge in [0.2, 0.25) is 0 Å². The van der Waals surface area contributed by atoms with Crippen molar-refractivity contribution in [2.45, 2.75) is 25.7 Å². The van der Waals surface area contributed by atoms with Crippen molar-refractivity contribution in [2.24, 2.45) is 0 Å². The van der Waals surface area contributed by atoms with Crippen molar-refractivity contribution in [3.63, 3.8) is 0 Å². The zero-order chi connectivity index (χ0) is 12.1. The summed E-state index contributed by atoms with van der Waals surface area (Å²) in [5.74, 6) is 0.482. The van der Waals surface area contributed by atoms with Crippen molar-refractivity contribution in [3.8, 4) is 0 Å². The second-order valence-electron chi connectivity index (χ2n) is 4.21. The highest BCUT2D eigenvalue weighted by Crippen LogP contribution is 2.19. The summed E-state index contributed by atoms with van der Waals surface area (Å²) in [6.07, 6.45) is 7.72. The highest BCUT2D eigenvalue weighted by molar-refractivity contribution is 9.10. The molecule has 0 amide bonds. The van der Waals surface area contributed by atoms with Gasteiger partial charge in [0.15, 0.2) is 0 Å². The third-order valence-corrected chi connectivity index (χ3v) is 3.25. The van der Waals surface area contributed by atoms with Gasteiger partial charge in [-0.3, -0.25) is 9.97 Å². The summed E-state index contributed by atoms with van der Waals surface area (Å²) in [7, 11) is 0. The van der Waals surface area contributed by atoms with Crippen molar-refractivity contribution in [3.05, 3.63) is 58.6 Å². The number of rotatable bonds is 4. The van der Waals surface area contributed by atoms with E-state index < -0.39 is 0 Å². The Hall–Kier alpha value is -1.22. The average molecular weight is 291 g/mol. The third-order valence-electron chi connectivity index (χ3n) is 2.82. The number of aryl methyl sites for hydroxylation is 1. The molecule has 0 N–H and O–H groups in total. The third kappa shape index (κ3) is 3.63. The minimum Gasteiger partial charge on any atom is -0.263 e. The molecule has 0 fully saturated rings. The molecule has 0 radical (unpaired) electrons. The molecular formula is C14H15BrN2. The first-order chi connectivity index (χ1) is 8.25. The minimum atomic E-state index is 0.482. The Balaban J connectivity index is 1.95. The second-order valence-corrected chi connectivity index (χ2v) is 5.12. The second kappa shape index (κ2) is 5.92. The molecule has 2 aromatic rings. The summed E-state index contributed by atoms with van der Waals surface area (Å²) >= 11 is 3.44. The molecular weight excluding hydrogens is 276 g/mol. The molecule has 2 aromatic heterocycles. The monoisotopic (exact) mass is 290 g/mol.